The monoisotopic (exact) mass is 261 g/mol. The number of halogens is 1. The molecule has 0 bridgehead atoms. The summed E-state index contributed by atoms with van der Waals surface area (Å²) in [4.78, 5) is 3.30. The molecule has 18 heavy (non-hydrogen) atoms. The van der Waals surface area contributed by atoms with Gasteiger partial charge in [-0.2, -0.15) is 0 Å². The fourth-order valence-corrected chi connectivity index (χ4v) is 2.71. The van der Waals surface area contributed by atoms with Gasteiger partial charge in [-0.3, -0.25) is 0 Å². The molecule has 2 aromatic rings. The van der Waals surface area contributed by atoms with Gasteiger partial charge in [-0.1, -0.05) is 24.3 Å². The lowest BCUT2D eigenvalue weighted by Crippen LogP contribution is -2.01. The Balaban J connectivity index is 2.48. The van der Waals surface area contributed by atoms with Crippen LogP contribution in [0.3, 0.4) is 0 Å². The van der Waals surface area contributed by atoms with E-state index in [0.717, 1.165) is 12.1 Å². The molecule has 0 saturated carbocycles. The van der Waals surface area contributed by atoms with Crippen LogP contribution in [-0.4, -0.2) is 8.42 Å². The van der Waals surface area contributed by atoms with Crippen molar-refractivity contribution >= 4 is 15.5 Å². The summed E-state index contributed by atoms with van der Waals surface area (Å²) in [5.41, 5.74) is 0.369. The van der Waals surface area contributed by atoms with E-state index in [-0.39, 0.29) is 9.79 Å². The van der Waals surface area contributed by atoms with Gasteiger partial charge in [0, 0.05) is 0 Å². The number of benzene rings is 2. The van der Waals surface area contributed by atoms with Gasteiger partial charge in [-0.05, 0) is 24.3 Å². The van der Waals surface area contributed by atoms with Crippen LogP contribution < -0.4 is 0 Å². The van der Waals surface area contributed by atoms with Crippen molar-refractivity contribution in [3.63, 3.8) is 0 Å². The van der Waals surface area contributed by atoms with Crippen LogP contribution in [0, 0.1) is 12.4 Å². The molecule has 0 spiro atoms. The van der Waals surface area contributed by atoms with E-state index in [1.807, 2.05) is 0 Å². The van der Waals surface area contributed by atoms with Crippen molar-refractivity contribution in [2.75, 3.05) is 0 Å². The predicted molar refractivity (Wildman–Crippen MR) is 64.6 cm³/mol. The number of hydrogen-bond donors (Lipinski definition) is 0. The largest absolute Gasteiger partial charge is 0.238 e. The molecule has 0 aliphatic heterocycles. The lowest BCUT2D eigenvalue weighted by atomic mass is 10.3. The van der Waals surface area contributed by atoms with Crippen molar-refractivity contribution in [1.29, 1.82) is 0 Å². The molecule has 5 heteroatoms. The summed E-state index contributed by atoms with van der Waals surface area (Å²) < 4.78 is 37.0. The van der Waals surface area contributed by atoms with E-state index in [2.05, 4.69) is 4.85 Å². The first kappa shape index (κ1) is 12.3. The van der Waals surface area contributed by atoms with Crippen molar-refractivity contribution in [3.05, 3.63) is 65.8 Å². The van der Waals surface area contributed by atoms with Crippen LogP contribution in [0.15, 0.2) is 58.3 Å². The molecule has 0 saturated heterocycles. The molecule has 90 valence electrons. The zero-order valence-corrected chi connectivity index (χ0v) is 9.99. The molecule has 0 radical (unpaired) electrons. The van der Waals surface area contributed by atoms with Crippen LogP contribution in [0.5, 0.6) is 0 Å². The third-order valence-corrected chi connectivity index (χ3v) is 4.19. The predicted octanol–water partition coefficient (Wildman–Crippen LogP) is 3.21. The second-order valence-corrected chi connectivity index (χ2v) is 5.51. The molecule has 0 N–H and O–H groups in total. The summed E-state index contributed by atoms with van der Waals surface area (Å²) in [6.07, 6.45) is 0. The van der Waals surface area contributed by atoms with Crippen molar-refractivity contribution in [1.82, 2.24) is 0 Å². The zero-order valence-electron chi connectivity index (χ0n) is 9.17. The minimum absolute atomic E-state index is 0.0273. The fourth-order valence-electron chi connectivity index (χ4n) is 1.45. The van der Waals surface area contributed by atoms with Gasteiger partial charge in [0.25, 0.3) is 0 Å². The van der Waals surface area contributed by atoms with Crippen molar-refractivity contribution in [2.24, 2.45) is 0 Å². The van der Waals surface area contributed by atoms with E-state index >= 15 is 0 Å². The molecule has 2 aromatic carbocycles. The van der Waals surface area contributed by atoms with Crippen molar-refractivity contribution in [3.8, 4) is 0 Å². The Morgan fingerprint density at radius 3 is 1.78 bits per heavy atom. The van der Waals surface area contributed by atoms with Gasteiger partial charge in [-0.15, -0.1) is 0 Å². The van der Waals surface area contributed by atoms with Crippen LogP contribution in [0.2, 0.25) is 0 Å². The van der Waals surface area contributed by atoms with E-state index < -0.39 is 15.7 Å². The first-order chi connectivity index (χ1) is 8.54. The third-order valence-electron chi connectivity index (χ3n) is 2.40. The highest BCUT2D eigenvalue weighted by molar-refractivity contribution is 7.91. The maximum absolute atomic E-state index is 12.7. The number of rotatable bonds is 2. The van der Waals surface area contributed by atoms with Crippen LogP contribution in [0.25, 0.3) is 4.85 Å². The van der Waals surface area contributed by atoms with Gasteiger partial charge in [0.2, 0.25) is 9.84 Å². The van der Waals surface area contributed by atoms with E-state index in [4.69, 9.17) is 6.57 Å². The average molecular weight is 261 g/mol. The molecular formula is C13H8FNO2S. The lowest BCUT2D eigenvalue weighted by molar-refractivity contribution is 0.595. The number of hydrogen-bond acceptors (Lipinski definition) is 2. The topological polar surface area (TPSA) is 38.5 Å². The highest BCUT2D eigenvalue weighted by atomic mass is 32.2. The van der Waals surface area contributed by atoms with Gasteiger partial charge in [-0.25, -0.2) is 17.7 Å². The van der Waals surface area contributed by atoms with Gasteiger partial charge in [0.05, 0.1) is 16.4 Å². The Kier molecular flexibility index (Phi) is 3.13. The molecule has 0 unspecified atom stereocenters. The summed E-state index contributed by atoms with van der Waals surface area (Å²) in [6, 6.07) is 10.2. The molecule has 2 rings (SSSR count). The van der Waals surface area contributed by atoms with Crippen LogP contribution in [0.4, 0.5) is 10.1 Å². The van der Waals surface area contributed by atoms with E-state index in [9.17, 15) is 12.8 Å². The zero-order chi connectivity index (χ0) is 13.2. The minimum atomic E-state index is -3.65. The smallest absolute Gasteiger partial charge is 0.206 e. The average Bonchev–Trinajstić information content (AvgIpc) is 2.39. The van der Waals surface area contributed by atoms with E-state index in [1.165, 1.54) is 36.4 Å². The van der Waals surface area contributed by atoms with Crippen molar-refractivity contribution in [2.45, 2.75) is 9.79 Å². The molecule has 0 aromatic heterocycles. The SMILES string of the molecule is [C-]#[N+]c1ccc(S(=O)(=O)c2ccc(F)cc2)cc1. The Morgan fingerprint density at radius 2 is 1.33 bits per heavy atom. The Hall–Kier alpha value is -2.19. The highest BCUT2D eigenvalue weighted by Crippen LogP contribution is 2.23. The maximum Gasteiger partial charge on any atom is 0.206 e. The van der Waals surface area contributed by atoms with Crippen molar-refractivity contribution < 1.29 is 12.8 Å². The Bertz CT molecular complexity index is 698. The van der Waals surface area contributed by atoms with Crippen LogP contribution in [0.1, 0.15) is 0 Å². The lowest BCUT2D eigenvalue weighted by Gasteiger charge is -2.04. The highest BCUT2D eigenvalue weighted by Gasteiger charge is 2.17. The molecule has 0 amide bonds. The van der Waals surface area contributed by atoms with Gasteiger partial charge in [0.1, 0.15) is 5.82 Å². The fraction of sp³-hybridized carbons (Fsp3) is 0. The molecule has 0 heterocycles. The van der Waals surface area contributed by atoms with Gasteiger partial charge < -0.3 is 0 Å². The quantitative estimate of drug-likeness (QED) is 0.615. The van der Waals surface area contributed by atoms with Gasteiger partial charge in [0.15, 0.2) is 5.69 Å². The summed E-state index contributed by atoms with van der Waals surface area (Å²) >= 11 is 0. The normalized spacial score (nSPS) is 10.9. The van der Waals surface area contributed by atoms with Crippen LogP contribution in [-0.2, 0) is 9.84 Å². The van der Waals surface area contributed by atoms with Gasteiger partial charge >= 0.3 is 0 Å². The molecular weight excluding hydrogens is 253 g/mol. The van der Waals surface area contributed by atoms with E-state index in [1.54, 1.807) is 0 Å². The van der Waals surface area contributed by atoms with Crippen LogP contribution >= 0.6 is 0 Å². The molecule has 0 aliphatic carbocycles. The Morgan fingerprint density at radius 1 is 0.889 bits per heavy atom. The first-order valence-corrected chi connectivity index (χ1v) is 6.50. The summed E-state index contributed by atoms with van der Waals surface area (Å²) in [5, 5.41) is 0. The first-order valence-electron chi connectivity index (χ1n) is 5.02. The standard InChI is InChI=1S/C13H8FNO2S/c1-15-11-4-8-13(9-5-11)18(16,17)12-6-2-10(14)3-7-12/h2-9H. The second-order valence-electron chi connectivity index (χ2n) is 3.56. The molecule has 3 nitrogen and oxygen atoms in total. The molecule has 0 fully saturated rings. The summed E-state index contributed by atoms with van der Waals surface area (Å²) in [7, 11) is -3.65. The third kappa shape index (κ3) is 2.24. The molecule has 0 aliphatic rings. The number of sulfone groups is 1. The Labute approximate surface area is 104 Å². The summed E-state index contributed by atoms with van der Waals surface area (Å²) in [6.45, 7) is 6.79. The van der Waals surface area contributed by atoms with E-state index in [0.29, 0.717) is 5.69 Å². The maximum atomic E-state index is 12.7. The minimum Gasteiger partial charge on any atom is -0.238 e. The molecule has 0 atom stereocenters. The second kappa shape index (κ2) is 4.59. The number of nitrogens with zero attached hydrogens (tertiary/aromatic N) is 1. The summed E-state index contributed by atoms with van der Waals surface area (Å²) in [5.74, 6) is -0.489.